The minimum absolute atomic E-state index is 0.442. The van der Waals surface area contributed by atoms with Gasteiger partial charge in [-0.1, -0.05) is 63.6 Å². The van der Waals surface area contributed by atoms with Crippen molar-refractivity contribution in [1.29, 1.82) is 0 Å². The van der Waals surface area contributed by atoms with Crippen molar-refractivity contribution >= 4 is 23.7 Å². The van der Waals surface area contributed by atoms with E-state index in [1.165, 1.54) is 16.7 Å². The molecule has 0 aliphatic heterocycles. The van der Waals surface area contributed by atoms with Gasteiger partial charge < -0.3 is 5.73 Å². The quantitative estimate of drug-likeness (QED) is 0.402. The number of rotatable bonds is 7. The Hall–Kier alpha value is -1.74. The number of para-hydroxylation sites is 1. The summed E-state index contributed by atoms with van der Waals surface area (Å²) in [4.78, 5) is 4.72. The lowest BCUT2D eigenvalue weighted by Gasteiger charge is -2.16. The largest absolute Gasteiger partial charge is 0.397 e. The summed E-state index contributed by atoms with van der Waals surface area (Å²) >= 11 is 1.70. The summed E-state index contributed by atoms with van der Waals surface area (Å²) in [6, 6.07) is 6.44. The summed E-state index contributed by atoms with van der Waals surface area (Å²) < 4.78 is 0. The van der Waals surface area contributed by atoms with Gasteiger partial charge in [0.05, 0.1) is 17.6 Å². The van der Waals surface area contributed by atoms with Crippen molar-refractivity contribution in [2.45, 2.75) is 60.3 Å². The van der Waals surface area contributed by atoms with E-state index < -0.39 is 0 Å². The van der Waals surface area contributed by atoms with Crippen molar-refractivity contribution in [2.24, 2.45) is 10.7 Å². The molecule has 0 aromatic heterocycles. The molecular formula is C23H36N2S. The fourth-order valence-corrected chi connectivity index (χ4v) is 2.95. The highest BCUT2D eigenvalue weighted by Crippen LogP contribution is 2.34. The number of benzene rings is 1. The van der Waals surface area contributed by atoms with E-state index in [0.29, 0.717) is 17.5 Å². The van der Waals surface area contributed by atoms with Crippen molar-refractivity contribution in [3.05, 3.63) is 64.7 Å². The second-order valence-electron chi connectivity index (χ2n) is 6.82. The lowest BCUT2D eigenvalue weighted by molar-refractivity contribution is 0.835. The van der Waals surface area contributed by atoms with Crippen LogP contribution in [-0.2, 0) is 0 Å². The van der Waals surface area contributed by atoms with Crippen LogP contribution in [0.15, 0.2) is 58.6 Å². The Morgan fingerprint density at radius 2 is 1.65 bits per heavy atom. The second kappa shape index (κ2) is 13.5. The van der Waals surface area contributed by atoms with Crippen LogP contribution in [-0.4, -0.2) is 12.0 Å². The zero-order valence-corrected chi connectivity index (χ0v) is 18.4. The Morgan fingerprint density at radius 1 is 1.15 bits per heavy atom. The van der Waals surface area contributed by atoms with Gasteiger partial charge in [-0.05, 0) is 49.1 Å². The van der Waals surface area contributed by atoms with Gasteiger partial charge in [0.1, 0.15) is 0 Å². The predicted molar refractivity (Wildman–Crippen MR) is 123 cm³/mol. The van der Waals surface area contributed by atoms with Crippen LogP contribution in [0.4, 0.5) is 5.69 Å². The molecule has 0 radical (unpaired) electrons. The van der Waals surface area contributed by atoms with E-state index in [2.05, 4.69) is 72.4 Å². The molecule has 0 saturated heterocycles. The zero-order valence-electron chi connectivity index (χ0n) is 17.5. The maximum Gasteiger partial charge on any atom is 0.0699 e. The number of nitrogens with two attached hydrogens (primary N) is 1. The minimum Gasteiger partial charge on any atom is -0.397 e. The lowest BCUT2D eigenvalue weighted by atomic mass is 9.93. The molecule has 0 unspecified atom stereocenters. The highest BCUT2D eigenvalue weighted by Gasteiger charge is 2.12. The number of nitrogens with zero attached hydrogens (tertiary/aromatic N) is 1. The van der Waals surface area contributed by atoms with Gasteiger partial charge in [0, 0.05) is 5.75 Å². The van der Waals surface area contributed by atoms with Crippen molar-refractivity contribution in [1.82, 2.24) is 0 Å². The minimum atomic E-state index is 0.442. The Morgan fingerprint density at radius 3 is 2.08 bits per heavy atom. The molecule has 144 valence electrons. The highest BCUT2D eigenvalue weighted by molar-refractivity contribution is 8.02. The topological polar surface area (TPSA) is 38.4 Å². The maximum absolute atomic E-state index is 6.07. The molecule has 0 aliphatic carbocycles. The van der Waals surface area contributed by atoms with Crippen LogP contribution < -0.4 is 5.73 Å². The van der Waals surface area contributed by atoms with E-state index in [1.54, 1.807) is 24.1 Å². The monoisotopic (exact) mass is 372 g/mol. The van der Waals surface area contributed by atoms with Crippen LogP contribution >= 0.6 is 11.8 Å². The number of thioether (sulfide) groups is 1. The van der Waals surface area contributed by atoms with Crippen LogP contribution in [0.1, 0.15) is 71.4 Å². The average Bonchev–Trinajstić information content (AvgIpc) is 2.59. The summed E-state index contributed by atoms with van der Waals surface area (Å²) in [7, 11) is 0. The molecular weight excluding hydrogens is 336 g/mol. The summed E-state index contributed by atoms with van der Waals surface area (Å²) in [5.41, 5.74) is 11.7. The molecule has 2 N–H and O–H groups in total. The molecule has 1 aromatic carbocycles. The molecule has 0 aliphatic rings. The standard InChI is InChI=1S/C20H30N2S.C3H6/c1-7-16(6)12-23-13-17(21)11-22-20-18(14(2)3)9-8-10-19(20)15(4)5;1-3-2/h7-11,13-15H,12,21H2,1-6H3;3H,1H2,2H3/b16-7+,17-13-,22-11?;. The first-order valence-corrected chi connectivity index (χ1v) is 10.3. The third-order valence-electron chi connectivity index (χ3n) is 3.71. The summed E-state index contributed by atoms with van der Waals surface area (Å²) in [6.45, 7) is 18.2. The van der Waals surface area contributed by atoms with E-state index in [9.17, 15) is 0 Å². The van der Waals surface area contributed by atoms with Crippen molar-refractivity contribution in [3.63, 3.8) is 0 Å². The number of hydrogen-bond acceptors (Lipinski definition) is 3. The summed E-state index contributed by atoms with van der Waals surface area (Å²) in [6.07, 6.45) is 5.66. The molecule has 0 fully saturated rings. The van der Waals surface area contributed by atoms with Gasteiger partial charge in [0.25, 0.3) is 0 Å². The Bertz CT molecular complexity index is 611. The molecule has 1 rings (SSSR count). The molecule has 0 bridgehead atoms. The predicted octanol–water partition coefficient (Wildman–Crippen LogP) is 7.33. The van der Waals surface area contributed by atoms with Crippen molar-refractivity contribution < 1.29 is 0 Å². The summed E-state index contributed by atoms with van der Waals surface area (Å²) in [5.74, 6) is 1.85. The first-order valence-electron chi connectivity index (χ1n) is 9.21. The van der Waals surface area contributed by atoms with E-state index in [1.807, 2.05) is 12.3 Å². The fourth-order valence-electron chi connectivity index (χ4n) is 2.18. The molecule has 0 atom stereocenters. The van der Waals surface area contributed by atoms with E-state index >= 15 is 0 Å². The van der Waals surface area contributed by atoms with Gasteiger partial charge >= 0.3 is 0 Å². The first-order chi connectivity index (χ1) is 12.3. The summed E-state index contributed by atoms with van der Waals surface area (Å²) in [5, 5.41) is 1.98. The van der Waals surface area contributed by atoms with Gasteiger partial charge in [0.15, 0.2) is 0 Å². The van der Waals surface area contributed by atoms with Crippen molar-refractivity contribution in [2.75, 3.05) is 5.75 Å². The van der Waals surface area contributed by atoms with E-state index in [-0.39, 0.29) is 0 Å². The fraction of sp³-hybridized carbons (Fsp3) is 0.435. The first kappa shape index (κ1) is 24.3. The number of allylic oxidation sites excluding steroid dienone is 3. The van der Waals surface area contributed by atoms with Crippen LogP contribution in [0.25, 0.3) is 0 Å². The number of hydrogen-bond donors (Lipinski definition) is 1. The van der Waals surface area contributed by atoms with E-state index in [4.69, 9.17) is 10.7 Å². The van der Waals surface area contributed by atoms with Crippen LogP contribution in [0.5, 0.6) is 0 Å². The average molecular weight is 373 g/mol. The van der Waals surface area contributed by atoms with Crippen LogP contribution in [0.3, 0.4) is 0 Å². The number of aliphatic imine (C=N–C) groups is 1. The van der Waals surface area contributed by atoms with Gasteiger partial charge in [-0.2, -0.15) is 0 Å². The van der Waals surface area contributed by atoms with Gasteiger partial charge in [-0.25, -0.2) is 0 Å². The molecule has 2 nitrogen and oxygen atoms in total. The third kappa shape index (κ3) is 9.10. The maximum atomic E-state index is 6.07. The molecule has 26 heavy (non-hydrogen) atoms. The smallest absolute Gasteiger partial charge is 0.0699 e. The molecule has 0 amide bonds. The van der Waals surface area contributed by atoms with Crippen LogP contribution in [0, 0.1) is 0 Å². The van der Waals surface area contributed by atoms with Gasteiger partial charge in [-0.15, -0.1) is 18.3 Å². The molecule has 3 heteroatoms. The molecule has 0 heterocycles. The highest BCUT2D eigenvalue weighted by atomic mass is 32.2. The Labute approximate surface area is 165 Å². The Balaban J connectivity index is 0.00000194. The SMILES string of the molecule is C/C=C(\C)CS/C=C(\N)C=Nc1c(C(C)C)cccc1C(C)C.C=CC. The van der Waals surface area contributed by atoms with E-state index in [0.717, 1.165) is 11.4 Å². The second-order valence-corrected chi connectivity index (χ2v) is 7.68. The normalized spacial score (nSPS) is 12.5. The third-order valence-corrected chi connectivity index (χ3v) is 4.77. The van der Waals surface area contributed by atoms with Gasteiger partial charge in [0.2, 0.25) is 0 Å². The zero-order chi connectivity index (χ0) is 20.1. The van der Waals surface area contributed by atoms with Crippen molar-refractivity contribution in [3.8, 4) is 0 Å². The van der Waals surface area contributed by atoms with Gasteiger partial charge in [-0.3, -0.25) is 4.99 Å². The Kier molecular flexibility index (Phi) is 12.6. The van der Waals surface area contributed by atoms with Crippen LogP contribution in [0.2, 0.25) is 0 Å². The lowest BCUT2D eigenvalue weighted by Crippen LogP contribution is -1.99. The molecule has 0 saturated carbocycles. The molecule has 1 aromatic rings. The molecule has 0 spiro atoms.